The number of hydrogen-bond donors (Lipinski definition) is 4. The molecule has 17 heteroatoms. The molecule has 0 radical (unpaired) electrons. The Labute approximate surface area is 239 Å². The number of aromatic nitrogens is 4. The van der Waals surface area contributed by atoms with Gasteiger partial charge >= 0.3 is 0 Å². The molecule has 1 fully saturated rings. The number of methoxy groups -OCH3 is 2. The maximum Gasteiger partial charge on any atom is 0.272 e. The van der Waals surface area contributed by atoms with Crippen LogP contribution in [-0.4, -0.2) is 94.2 Å². The van der Waals surface area contributed by atoms with Crippen molar-refractivity contribution in [3.05, 3.63) is 35.8 Å². The monoisotopic (exact) mass is 560 g/mol. The largest absolute Gasteiger partial charge is 0.494 e. The molecular formula is C24H31B3N8O6. The number of ether oxygens (including phenoxy) is 2. The first-order valence-corrected chi connectivity index (χ1v) is 13.1. The van der Waals surface area contributed by atoms with Crippen molar-refractivity contribution in [3.8, 4) is 17.2 Å². The number of carbonyl (C=O) groups excluding carboxylic acids is 3. The molecule has 2 heterocycles. The molecule has 4 rings (SSSR count). The average molecular weight is 560 g/mol. The van der Waals surface area contributed by atoms with Gasteiger partial charge in [0.25, 0.3) is 11.8 Å². The van der Waals surface area contributed by atoms with Crippen LogP contribution in [0, 0.1) is 5.92 Å². The SMILES string of the molecule is BC(B)(B)NC(=O)c1nnc(NC(=O)C2CC2)cc1Nc1cccc(-c2nc(CC(=O)NCCOC)no2)c1OC. The molecule has 0 aliphatic heterocycles. The van der Waals surface area contributed by atoms with Crippen LogP contribution in [0.15, 0.2) is 28.8 Å². The van der Waals surface area contributed by atoms with Crippen LogP contribution >= 0.6 is 0 Å². The zero-order chi connectivity index (χ0) is 29.6. The molecule has 41 heavy (non-hydrogen) atoms. The summed E-state index contributed by atoms with van der Waals surface area (Å²) in [6, 6.07) is 6.74. The third-order valence-corrected chi connectivity index (χ3v) is 5.83. The third-order valence-electron chi connectivity index (χ3n) is 5.83. The minimum atomic E-state index is -0.525. The summed E-state index contributed by atoms with van der Waals surface area (Å²) < 4.78 is 16.0. The van der Waals surface area contributed by atoms with Crippen molar-refractivity contribution in [1.29, 1.82) is 0 Å². The van der Waals surface area contributed by atoms with E-state index in [1.807, 2.05) is 23.5 Å². The van der Waals surface area contributed by atoms with Gasteiger partial charge < -0.3 is 35.3 Å². The van der Waals surface area contributed by atoms with E-state index in [1.54, 1.807) is 31.4 Å². The van der Waals surface area contributed by atoms with Gasteiger partial charge in [0.05, 0.1) is 37.1 Å². The van der Waals surface area contributed by atoms with E-state index >= 15 is 0 Å². The zero-order valence-corrected chi connectivity index (χ0v) is 23.7. The van der Waals surface area contributed by atoms with Crippen molar-refractivity contribution in [2.24, 2.45) is 5.92 Å². The van der Waals surface area contributed by atoms with Crippen molar-refractivity contribution in [2.45, 2.75) is 24.5 Å². The summed E-state index contributed by atoms with van der Waals surface area (Å²) in [6.07, 6.45) is 1.59. The van der Waals surface area contributed by atoms with Crippen molar-refractivity contribution < 1.29 is 28.4 Å². The van der Waals surface area contributed by atoms with Crippen molar-refractivity contribution in [1.82, 2.24) is 31.0 Å². The molecule has 0 unspecified atom stereocenters. The highest BCUT2D eigenvalue weighted by atomic mass is 16.5. The fourth-order valence-corrected chi connectivity index (χ4v) is 3.79. The van der Waals surface area contributed by atoms with Crippen LogP contribution in [0.1, 0.15) is 29.2 Å². The molecule has 3 aromatic rings. The Morgan fingerprint density at radius 2 is 1.90 bits per heavy atom. The lowest BCUT2D eigenvalue weighted by Gasteiger charge is -2.21. The lowest BCUT2D eigenvalue weighted by atomic mass is 9.49. The van der Waals surface area contributed by atoms with E-state index in [0.29, 0.717) is 35.8 Å². The molecule has 0 bridgehead atoms. The topological polar surface area (TPSA) is 182 Å². The van der Waals surface area contributed by atoms with Crippen molar-refractivity contribution >= 4 is 58.5 Å². The highest BCUT2D eigenvalue weighted by molar-refractivity contribution is 6.60. The maximum atomic E-state index is 13.1. The molecule has 1 aromatic carbocycles. The van der Waals surface area contributed by atoms with Crippen LogP contribution in [-0.2, 0) is 20.7 Å². The van der Waals surface area contributed by atoms with Gasteiger partial charge in [0.2, 0.25) is 11.8 Å². The van der Waals surface area contributed by atoms with Crippen LogP contribution in [0.3, 0.4) is 0 Å². The Kier molecular flexibility index (Phi) is 9.27. The number of rotatable bonds is 13. The molecule has 0 saturated heterocycles. The molecule has 1 aliphatic rings. The van der Waals surface area contributed by atoms with E-state index in [4.69, 9.17) is 14.0 Å². The van der Waals surface area contributed by atoms with Gasteiger partial charge in [0.15, 0.2) is 23.1 Å². The zero-order valence-electron chi connectivity index (χ0n) is 23.7. The van der Waals surface area contributed by atoms with Crippen LogP contribution in [0.2, 0.25) is 0 Å². The normalized spacial score (nSPS) is 12.8. The predicted molar refractivity (Wildman–Crippen MR) is 157 cm³/mol. The molecule has 0 atom stereocenters. The summed E-state index contributed by atoms with van der Waals surface area (Å²) in [4.78, 5) is 41.9. The van der Waals surface area contributed by atoms with Gasteiger partial charge in [0.1, 0.15) is 23.5 Å². The Morgan fingerprint density at radius 3 is 2.59 bits per heavy atom. The van der Waals surface area contributed by atoms with E-state index < -0.39 is 11.1 Å². The number of carbonyl (C=O) groups is 3. The Bertz CT molecular complexity index is 1430. The number of nitrogens with zero attached hydrogens (tertiary/aromatic N) is 4. The fraction of sp³-hybridized carbons (Fsp3) is 0.375. The Hall–Kier alpha value is -4.40. The molecule has 4 N–H and O–H groups in total. The minimum Gasteiger partial charge on any atom is -0.494 e. The molecule has 3 amide bonds. The highest BCUT2D eigenvalue weighted by Gasteiger charge is 2.30. The van der Waals surface area contributed by atoms with Crippen LogP contribution in [0.4, 0.5) is 17.2 Å². The second kappa shape index (κ2) is 12.8. The van der Waals surface area contributed by atoms with Gasteiger partial charge in [-0.15, -0.1) is 10.2 Å². The van der Waals surface area contributed by atoms with E-state index in [2.05, 4.69) is 41.6 Å². The van der Waals surface area contributed by atoms with Crippen LogP contribution < -0.4 is 26.0 Å². The van der Waals surface area contributed by atoms with E-state index in [0.717, 1.165) is 12.8 Å². The smallest absolute Gasteiger partial charge is 0.272 e. The first-order valence-electron chi connectivity index (χ1n) is 13.1. The van der Waals surface area contributed by atoms with Gasteiger partial charge in [-0.3, -0.25) is 14.4 Å². The lowest BCUT2D eigenvalue weighted by molar-refractivity contribution is -0.120. The van der Waals surface area contributed by atoms with E-state index in [9.17, 15) is 14.4 Å². The highest BCUT2D eigenvalue weighted by Crippen LogP contribution is 2.38. The average Bonchev–Trinajstić information content (AvgIpc) is 3.67. The number of hydrogen-bond acceptors (Lipinski definition) is 11. The van der Waals surface area contributed by atoms with Crippen molar-refractivity contribution in [3.63, 3.8) is 0 Å². The number of para-hydroxylation sites is 1. The van der Waals surface area contributed by atoms with Gasteiger partial charge in [-0.05, 0) is 30.2 Å². The number of amides is 3. The quantitative estimate of drug-likeness (QED) is 0.136. The second-order valence-electron chi connectivity index (χ2n) is 10.5. The molecule has 1 aliphatic carbocycles. The minimum absolute atomic E-state index is 0.0244. The molecule has 1 saturated carbocycles. The number of anilines is 3. The summed E-state index contributed by atoms with van der Waals surface area (Å²) in [6.45, 7) is 0.758. The summed E-state index contributed by atoms with van der Waals surface area (Å²) in [5, 5.41) is 23.1. The third kappa shape index (κ3) is 8.07. The number of nitrogens with one attached hydrogen (secondary N) is 4. The van der Waals surface area contributed by atoms with Gasteiger partial charge in [0, 0.05) is 25.6 Å². The molecule has 0 spiro atoms. The lowest BCUT2D eigenvalue weighted by Crippen LogP contribution is -2.50. The van der Waals surface area contributed by atoms with E-state index in [1.165, 1.54) is 7.11 Å². The fourth-order valence-electron chi connectivity index (χ4n) is 3.79. The standard InChI is InChI=1S/C24H31B3N8O6/c1-39-9-8-28-18(36)11-17-31-23(41-35-17)13-4-3-5-14(20(13)40-2)29-15-10-16(30-21(37)12-6-7-12)33-34-19(15)22(38)32-24(25,26)27/h3-5,10,12H,6-9,11,25-27H2,1-2H3,(H,28,36)(H,32,38)(H2,29,30,33,37). The molecule has 212 valence electrons. The van der Waals surface area contributed by atoms with Crippen molar-refractivity contribution in [2.75, 3.05) is 38.0 Å². The first-order chi connectivity index (χ1) is 19.6. The van der Waals surface area contributed by atoms with E-state index in [-0.39, 0.29) is 47.4 Å². The summed E-state index contributed by atoms with van der Waals surface area (Å²) in [5.74, 6) is -0.0135. The predicted octanol–water partition coefficient (Wildman–Crippen LogP) is -1.83. The van der Waals surface area contributed by atoms with Gasteiger partial charge in [-0.1, -0.05) is 11.2 Å². The van der Waals surface area contributed by atoms with Gasteiger partial charge in [-0.25, -0.2) is 0 Å². The second-order valence-corrected chi connectivity index (χ2v) is 10.5. The number of benzene rings is 1. The van der Waals surface area contributed by atoms with Crippen LogP contribution in [0.25, 0.3) is 11.5 Å². The Morgan fingerprint density at radius 1 is 1.12 bits per heavy atom. The summed E-state index contributed by atoms with van der Waals surface area (Å²) >= 11 is 0. The summed E-state index contributed by atoms with van der Waals surface area (Å²) in [5.41, 5.74) is 1.24. The first kappa shape index (κ1) is 29.6. The maximum absolute atomic E-state index is 13.1. The summed E-state index contributed by atoms with van der Waals surface area (Å²) in [7, 11) is 8.58. The van der Waals surface area contributed by atoms with Gasteiger partial charge in [-0.2, -0.15) is 4.98 Å². The molecule has 2 aromatic heterocycles. The Balaban J connectivity index is 1.62. The molecular weight excluding hydrogens is 529 g/mol. The van der Waals surface area contributed by atoms with Crippen LogP contribution in [0.5, 0.6) is 5.75 Å². The molecule has 14 nitrogen and oxygen atoms in total.